The van der Waals surface area contributed by atoms with Gasteiger partial charge in [0.1, 0.15) is 0 Å². The molecule has 0 aliphatic rings. The molecule has 0 heterocycles. The van der Waals surface area contributed by atoms with Gasteiger partial charge in [0.2, 0.25) is 0 Å². The van der Waals surface area contributed by atoms with E-state index in [0.717, 1.165) is 6.54 Å². The summed E-state index contributed by atoms with van der Waals surface area (Å²) in [4.78, 5) is 1.43. The van der Waals surface area contributed by atoms with Gasteiger partial charge in [-0.05, 0) is 51.1 Å². The van der Waals surface area contributed by atoms with Gasteiger partial charge in [-0.15, -0.1) is 11.8 Å². The SMILES string of the molecule is CCNC(C)CCSc1cc(C)ccc1C. The number of hydrogen-bond donors (Lipinski definition) is 1. The van der Waals surface area contributed by atoms with E-state index in [1.165, 1.54) is 28.2 Å². The van der Waals surface area contributed by atoms with Gasteiger partial charge in [0.25, 0.3) is 0 Å². The van der Waals surface area contributed by atoms with E-state index in [1.54, 1.807) is 0 Å². The summed E-state index contributed by atoms with van der Waals surface area (Å²) in [7, 11) is 0. The Morgan fingerprint density at radius 1 is 1.31 bits per heavy atom. The fourth-order valence-electron chi connectivity index (χ4n) is 1.66. The van der Waals surface area contributed by atoms with Crippen molar-refractivity contribution in [2.75, 3.05) is 12.3 Å². The Kier molecular flexibility index (Phi) is 5.93. The van der Waals surface area contributed by atoms with Crippen molar-refractivity contribution in [3.63, 3.8) is 0 Å². The molecule has 0 bridgehead atoms. The van der Waals surface area contributed by atoms with Gasteiger partial charge in [0, 0.05) is 10.9 Å². The second-order valence-electron chi connectivity index (χ2n) is 4.36. The van der Waals surface area contributed by atoms with Crippen molar-refractivity contribution in [2.45, 2.75) is 45.1 Å². The summed E-state index contributed by atoms with van der Waals surface area (Å²) < 4.78 is 0. The van der Waals surface area contributed by atoms with Gasteiger partial charge in [-0.2, -0.15) is 0 Å². The van der Waals surface area contributed by atoms with E-state index >= 15 is 0 Å². The molecule has 0 amide bonds. The van der Waals surface area contributed by atoms with Crippen LogP contribution in [0.2, 0.25) is 0 Å². The molecule has 0 fully saturated rings. The lowest BCUT2D eigenvalue weighted by atomic mass is 10.2. The molecule has 1 atom stereocenters. The van der Waals surface area contributed by atoms with E-state index in [0.29, 0.717) is 6.04 Å². The van der Waals surface area contributed by atoms with Crippen molar-refractivity contribution in [2.24, 2.45) is 0 Å². The Morgan fingerprint density at radius 3 is 2.75 bits per heavy atom. The predicted molar refractivity (Wildman–Crippen MR) is 74.4 cm³/mol. The Labute approximate surface area is 104 Å². The van der Waals surface area contributed by atoms with Crippen LogP contribution in [-0.2, 0) is 0 Å². The summed E-state index contributed by atoms with van der Waals surface area (Å²) >= 11 is 1.98. The summed E-state index contributed by atoms with van der Waals surface area (Å²) in [5, 5.41) is 3.44. The van der Waals surface area contributed by atoms with E-state index in [9.17, 15) is 0 Å². The van der Waals surface area contributed by atoms with E-state index in [1.807, 2.05) is 11.8 Å². The zero-order valence-electron chi connectivity index (χ0n) is 10.8. The van der Waals surface area contributed by atoms with Crippen LogP contribution in [0.15, 0.2) is 23.1 Å². The van der Waals surface area contributed by atoms with Crippen LogP contribution in [-0.4, -0.2) is 18.3 Å². The summed E-state index contributed by atoms with van der Waals surface area (Å²) in [6.45, 7) is 9.83. The maximum Gasteiger partial charge on any atom is 0.0104 e. The van der Waals surface area contributed by atoms with Gasteiger partial charge in [0.05, 0.1) is 0 Å². The number of hydrogen-bond acceptors (Lipinski definition) is 2. The zero-order valence-corrected chi connectivity index (χ0v) is 11.7. The smallest absolute Gasteiger partial charge is 0.0104 e. The lowest BCUT2D eigenvalue weighted by molar-refractivity contribution is 0.556. The molecule has 0 saturated heterocycles. The first-order valence-electron chi connectivity index (χ1n) is 6.07. The normalized spacial score (nSPS) is 12.8. The molecule has 0 aliphatic carbocycles. The summed E-state index contributed by atoms with van der Waals surface area (Å²) in [5.74, 6) is 1.19. The third kappa shape index (κ3) is 4.58. The molecule has 1 N–H and O–H groups in total. The Bertz CT molecular complexity index is 323. The minimum absolute atomic E-state index is 0.627. The van der Waals surface area contributed by atoms with E-state index in [2.05, 4.69) is 51.2 Å². The Balaban J connectivity index is 2.39. The lowest BCUT2D eigenvalue weighted by Crippen LogP contribution is -2.25. The van der Waals surface area contributed by atoms with Crippen molar-refractivity contribution in [3.05, 3.63) is 29.3 Å². The van der Waals surface area contributed by atoms with Crippen molar-refractivity contribution in [3.8, 4) is 0 Å². The van der Waals surface area contributed by atoms with E-state index in [-0.39, 0.29) is 0 Å². The highest BCUT2D eigenvalue weighted by molar-refractivity contribution is 7.99. The number of aryl methyl sites for hydroxylation is 2. The number of benzene rings is 1. The first-order chi connectivity index (χ1) is 7.63. The zero-order chi connectivity index (χ0) is 12.0. The molecule has 0 saturated carbocycles. The van der Waals surface area contributed by atoms with Crippen molar-refractivity contribution in [1.29, 1.82) is 0 Å². The third-order valence-corrected chi connectivity index (χ3v) is 3.90. The van der Waals surface area contributed by atoms with Crippen LogP contribution < -0.4 is 5.32 Å². The van der Waals surface area contributed by atoms with Gasteiger partial charge in [-0.25, -0.2) is 0 Å². The summed E-state index contributed by atoms with van der Waals surface area (Å²) in [6.07, 6.45) is 1.23. The van der Waals surface area contributed by atoms with E-state index in [4.69, 9.17) is 0 Å². The fraction of sp³-hybridized carbons (Fsp3) is 0.571. The fourth-order valence-corrected chi connectivity index (χ4v) is 2.92. The molecule has 1 unspecified atom stereocenters. The van der Waals surface area contributed by atoms with Crippen molar-refractivity contribution >= 4 is 11.8 Å². The van der Waals surface area contributed by atoms with Gasteiger partial charge in [-0.3, -0.25) is 0 Å². The van der Waals surface area contributed by atoms with Crippen LogP contribution in [0.3, 0.4) is 0 Å². The highest BCUT2D eigenvalue weighted by Crippen LogP contribution is 2.24. The third-order valence-electron chi connectivity index (χ3n) is 2.70. The molecule has 1 aromatic carbocycles. The van der Waals surface area contributed by atoms with Crippen LogP contribution >= 0.6 is 11.8 Å². The second-order valence-corrected chi connectivity index (χ2v) is 5.50. The van der Waals surface area contributed by atoms with E-state index < -0.39 is 0 Å². The Hall–Kier alpha value is -0.470. The quantitative estimate of drug-likeness (QED) is 0.756. The molecule has 16 heavy (non-hydrogen) atoms. The Morgan fingerprint density at radius 2 is 2.06 bits per heavy atom. The largest absolute Gasteiger partial charge is 0.315 e. The highest BCUT2D eigenvalue weighted by atomic mass is 32.2. The molecule has 0 aromatic heterocycles. The molecule has 0 aliphatic heterocycles. The van der Waals surface area contributed by atoms with Crippen LogP contribution in [0.25, 0.3) is 0 Å². The van der Waals surface area contributed by atoms with Crippen LogP contribution in [0.1, 0.15) is 31.4 Å². The molecule has 2 heteroatoms. The molecule has 1 nitrogen and oxygen atoms in total. The summed E-state index contributed by atoms with van der Waals surface area (Å²) in [6, 6.07) is 7.31. The molecule has 1 aromatic rings. The monoisotopic (exact) mass is 237 g/mol. The lowest BCUT2D eigenvalue weighted by Gasteiger charge is -2.12. The molecule has 1 rings (SSSR count). The van der Waals surface area contributed by atoms with Crippen LogP contribution in [0, 0.1) is 13.8 Å². The second kappa shape index (κ2) is 6.97. The van der Waals surface area contributed by atoms with Crippen LogP contribution in [0.4, 0.5) is 0 Å². The van der Waals surface area contributed by atoms with Crippen molar-refractivity contribution in [1.82, 2.24) is 5.32 Å². The topological polar surface area (TPSA) is 12.0 Å². The first kappa shape index (κ1) is 13.6. The average molecular weight is 237 g/mol. The maximum atomic E-state index is 3.44. The van der Waals surface area contributed by atoms with Gasteiger partial charge in [-0.1, -0.05) is 24.6 Å². The van der Waals surface area contributed by atoms with Crippen LogP contribution in [0.5, 0.6) is 0 Å². The predicted octanol–water partition coefficient (Wildman–Crippen LogP) is 3.78. The van der Waals surface area contributed by atoms with Gasteiger partial charge in [0.15, 0.2) is 0 Å². The molecule has 0 spiro atoms. The molecular formula is C14H23NS. The molecular weight excluding hydrogens is 214 g/mol. The van der Waals surface area contributed by atoms with Gasteiger partial charge >= 0.3 is 0 Å². The summed E-state index contributed by atoms with van der Waals surface area (Å²) in [5.41, 5.74) is 2.75. The highest BCUT2D eigenvalue weighted by Gasteiger charge is 2.02. The van der Waals surface area contributed by atoms with Gasteiger partial charge < -0.3 is 5.32 Å². The number of rotatable bonds is 6. The van der Waals surface area contributed by atoms with Crippen molar-refractivity contribution < 1.29 is 0 Å². The average Bonchev–Trinajstić information content (AvgIpc) is 2.23. The molecule has 90 valence electrons. The minimum Gasteiger partial charge on any atom is -0.315 e. The molecule has 0 radical (unpaired) electrons. The maximum absolute atomic E-state index is 3.44. The number of thioether (sulfide) groups is 1. The first-order valence-corrected chi connectivity index (χ1v) is 7.05. The minimum atomic E-state index is 0.627. The standard InChI is InChI=1S/C14H23NS/c1-5-15-13(4)8-9-16-14-10-11(2)6-7-12(14)3/h6-7,10,13,15H,5,8-9H2,1-4H3. The number of nitrogens with one attached hydrogen (secondary N) is 1.